The van der Waals surface area contributed by atoms with Crippen LogP contribution in [0.5, 0.6) is 0 Å². The van der Waals surface area contributed by atoms with Crippen molar-refractivity contribution in [2.45, 2.75) is 0 Å². The van der Waals surface area contributed by atoms with Gasteiger partial charge < -0.3 is 27.1 Å². The van der Waals surface area contributed by atoms with Crippen molar-refractivity contribution in [3.05, 3.63) is 0 Å². The Balaban J connectivity index is 4.49. The van der Waals surface area contributed by atoms with Crippen LogP contribution in [-0.2, 0) is 40.8 Å². The van der Waals surface area contributed by atoms with Gasteiger partial charge in [0.25, 0.3) is 0 Å². The molecule has 12 heteroatoms. The fourth-order valence-electron chi connectivity index (χ4n) is 0.593. The van der Waals surface area contributed by atoms with Crippen molar-refractivity contribution in [1.29, 1.82) is 0 Å². The summed E-state index contributed by atoms with van der Waals surface area (Å²) < 4.78 is 60.7. The predicted octanol–water partition coefficient (Wildman–Crippen LogP) is 2.22. The van der Waals surface area contributed by atoms with Gasteiger partial charge in [-0.05, 0) is 0 Å². The first-order valence-corrected chi connectivity index (χ1v) is 9.01. The van der Waals surface area contributed by atoms with Gasteiger partial charge in [0.2, 0.25) is 0 Å². The third-order valence-corrected chi connectivity index (χ3v) is 4.79. The highest BCUT2D eigenvalue weighted by Crippen LogP contribution is 2.45. The van der Waals surface area contributed by atoms with Crippen LogP contribution in [0.4, 0.5) is 0 Å². The number of rotatable bonds is 6. The summed E-state index contributed by atoms with van der Waals surface area (Å²) >= 11 is 0. The second-order valence-electron chi connectivity index (χ2n) is 2.61. The fraction of sp³-hybridized carbons (Fsp3) is 0.500. The zero-order chi connectivity index (χ0) is 15.6. The van der Waals surface area contributed by atoms with E-state index in [9.17, 15) is 13.7 Å². The largest absolute Gasteiger partial charge is 0.435 e. The van der Waals surface area contributed by atoms with Crippen molar-refractivity contribution in [2.75, 3.05) is 28.4 Å². The number of hydrogen-bond donors (Lipinski definition) is 0. The summed E-state index contributed by atoms with van der Waals surface area (Å²) in [5.41, 5.74) is 3.97. The monoisotopic (exact) mass is 346 g/mol. The van der Waals surface area contributed by atoms with Gasteiger partial charge in [-0.1, -0.05) is 0 Å². The van der Waals surface area contributed by atoms with Crippen molar-refractivity contribution >= 4 is 23.4 Å². The minimum Gasteiger partial charge on any atom is -0.363 e. The van der Waals surface area contributed by atoms with Crippen molar-refractivity contribution in [3.63, 3.8) is 0 Å². The highest BCUT2D eigenvalue weighted by atomic mass is 31.2. The standard InChI is InChI=1S/C8H13O9P3/c1-12-19(10,13-2)7-5-16-18(9)17-6-8-20(11,14-3)15-4/h18H,1-4H3. The smallest absolute Gasteiger partial charge is 0.363 e. The van der Waals surface area contributed by atoms with Gasteiger partial charge in [-0.25, -0.2) is 13.7 Å². The Bertz CT molecular complexity index is 485. The van der Waals surface area contributed by atoms with Gasteiger partial charge >= 0.3 is 23.4 Å². The Morgan fingerprint density at radius 3 is 1.30 bits per heavy atom. The van der Waals surface area contributed by atoms with E-state index in [-0.39, 0.29) is 0 Å². The lowest BCUT2D eigenvalue weighted by Gasteiger charge is -2.04. The SMILES string of the molecule is COP(=O)(C#CO[PH](=O)OC#CP(=O)(OC)OC)OC. The van der Waals surface area contributed by atoms with Crippen molar-refractivity contribution in [3.8, 4) is 23.5 Å². The lowest BCUT2D eigenvalue weighted by Crippen LogP contribution is -1.84. The Kier molecular flexibility index (Phi) is 8.89. The maximum Gasteiger partial charge on any atom is 0.435 e. The first-order chi connectivity index (χ1) is 9.34. The summed E-state index contributed by atoms with van der Waals surface area (Å²) in [5.74, 6) is 0. The summed E-state index contributed by atoms with van der Waals surface area (Å²) in [7, 11) is -5.81. The van der Waals surface area contributed by atoms with Crippen LogP contribution in [0.25, 0.3) is 0 Å². The van der Waals surface area contributed by atoms with E-state index in [4.69, 9.17) is 0 Å². The molecule has 0 aromatic rings. The molecule has 0 spiro atoms. The first-order valence-electron chi connectivity index (χ1n) is 4.70. The highest BCUT2D eigenvalue weighted by molar-refractivity contribution is 7.59. The van der Waals surface area contributed by atoms with E-state index < -0.39 is 23.4 Å². The van der Waals surface area contributed by atoms with Crippen LogP contribution < -0.4 is 0 Å². The van der Waals surface area contributed by atoms with Gasteiger partial charge in [0, 0.05) is 28.4 Å². The molecule has 0 aliphatic heterocycles. The third-order valence-electron chi connectivity index (χ3n) is 1.60. The Labute approximate surface area is 117 Å². The van der Waals surface area contributed by atoms with Gasteiger partial charge in [0.15, 0.2) is 0 Å². The maximum atomic E-state index is 11.4. The fourth-order valence-corrected chi connectivity index (χ4v) is 2.05. The van der Waals surface area contributed by atoms with Gasteiger partial charge in [-0.3, -0.25) is 0 Å². The summed E-state index contributed by atoms with van der Waals surface area (Å²) in [5, 5.41) is 0. The molecule has 0 aromatic heterocycles. The van der Waals surface area contributed by atoms with Crippen molar-refractivity contribution in [1.82, 2.24) is 0 Å². The molecule has 0 aliphatic rings. The Morgan fingerprint density at radius 1 is 0.750 bits per heavy atom. The summed E-state index contributed by atoms with van der Waals surface area (Å²) in [4.78, 5) is 0. The van der Waals surface area contributed by atoms with Gasteiger partial charge in [-0.2, -0.15) is 0 Å². The molecule has 0 aliphatic carbocycles. The normalized spacial score (nSPS) is 11.1. The second-order valence-corrected chi connectivity index (χ2v) is 7.41. The molecule has 0 bridgehead atoms. The van der Waals surface area contributed by atoms with E-state index in [1.165, 1.54) is 0 Å². The summed E-state index contributed by atoms with van der Waals surface area (Å²) in [6.07, 6.45) is 3.70. The van der Waals surface area contributed by atoms with E-state index in [0.717, 1.165) is 28.4 Å². The zero-order valence-corrected chi connectivity index (χ0v) is 13.9. The molecular formula is C8H13O9P3. The molecule has 0 atom stereocenters. The highest BCUT2D eigenvalue weighted by Gasteiger charge is 2.18. The quantitative estimate of drug-likeness (QED) is 0.528. The molecule has 114 valence electrons. The minimum atomic E-state index is -3.58. The van der Waals surface area contributed by atoms with Crippen LogP contribution in [0.1, 0.15) is 0 Å². The topological polar surface area (TPSA) is 107 Å². The predicted molar refractivity (Wildman–Crippen MR) is 70.0 cm³/mol. The van der Waals surface area contributed by atoms with E-state index in [1.54, 1.807) is 0 Å². The number of hydrogen-bond acceptors (Lipinski definition) is 9. The molecule has 20 heavy (non-hydrogen) atoms. The van der Waals surface area contributed by atoms with Gasteiger partial charge in [0.05, 0.1) is 11.3 Å². The molecule has 0 amide bonds. The van der Waals surface area contributed by atoms with E-state index in [1.807, 2.05) is 23.5 Å². The molecule has 0 saturated heterocycles. The van der Waals surface area contributed by atoms with Crippen LogP contribution in [0.2, 0.25) is 0 Å². The maximum absolute atomic E-state index is 11.4. The van der Waals surface area contributed by atoms with Crippen molar-refractivity contribution < 1.29 is 40.8 Å². The summed E-state index contributed by atoms with van der Waals surface area (Å²) in [6, 6.07) is 0. The van der Waals surface area contributed by atoms with Crippen LogP contribution in [0, 0.1) is 23.5 Å². The molecule has 0 rings (SSSR count). The van der Waals surface area contributed by atoms with Gasteiger partial charge in [-0.15, -0.1) is 0 Å². The molecule has 0 saturated carbocycles. The molecule has 0 unspecified atom stereocenters. The minimum absolute atomic E-state index is 1.12. The van der Waals surface area contributed by atoms with E-state index in [2.05, 4.69) is 27.1 Å². The Hall–Kier alpha value is -0.750. The van der Waals surface area contributed by atoms with Crippen LogP contribution >= 0.6 is 23.4 Å². The van der Waals surface area contributed by atoms with Crippen LogP contribution in [0.15, 0.2) is 0 Å². The lowest BCUT2D eigenvalue weighted by atomic mass is 11.3. The zero-order valence-electron chi connectivity index (χ0n) is 11.1. The molecule has 9 nitrogen and oxygen atoms in total. The summed E-state index contributed by atoms with van der Waals surface area (Å²) in [6.45, 7) is 0. The lowest BCUT2D eigenvalue weighted by molar-refractivity contribution is 0.287. The Morgan fingerprint density at radius 2 is 1.05 bits per heavy atom. The molecular weight excluding hydrogens is 333 g/mol. The van der Waals surface area contributed by atoms with Crippen molar-refractivity contribution in [2.24, 2.45) is 0 Å². The first kappa shape index (κ1) is 19.2. The third kappa shape index (κ3) is 7.14. The van der Waals surface area contributed by atoms with E-state index in [0.29, 0.717) is 0 Å². The molecule has 0 heterocycles. The molecule has 0 fully saturated rings. The molecule has 0 radical (unpaired) electrons. The molecule has 0 N–H and O–H groups in total. The van der Waals surface area contributed by atoms with Gasteiger partial charge in [0.1, 0.15) is 12.2 Å². The molecule has 0 aromatic carbocycles. The second kappa shape index (κ2) is 9.23. The average molecular weight is 346 g/mol. The average Bonchev–Trinajstić information content (AvgIpc) is 2.46. The van der Waals surface area contributed by atoms with Crippen LogP contribution in [-0.4, -0.2) is 28.4 Å². The van der Waals surface area contributed by atoms with E-state index >= 15 is 0 Å². The van der Waals surface area contributed by atoms with Crippen LogP contribution in [0.3, 0.4) is 0 Å².